The minimum absolute atomic E-state index is 0. The number of aliphatic imine (C=N–C) groups is 1. The largest absolute Gasteiger partial charge is 0.381 e. The van der Waals surface area contributed by atoms with Gasteiger partial charge >= 0.3 is 0 Å². The number of halogens is 1. The van der Waals surface area contributed by atoms with Crippen LogP contribution in [0.25, 0.3) is 0 Å². The van der Waals surface area contributed by atoms with Crippen LogP contribution in [0.3, 0.4) is 0 Å². The van der Waals surface area contributed by atoms with E-state index < -0.39 is 0 Å². The van der Waals surface area contributed by atoms with E-state index >= 15 is 0 Å². The molecule has 2 atom stereocenters. The summed E-state index contributed by atoms with van der Waals surface area (Å²) in [6, 6.07) is 8.78. The molecule has 3 aliphatic heterocycles. The Bertz CT molecular complexity index is 718. The molecule has 0 saturated carbocycles. The van der Waals surface area contributed by atoms with Crippen molar-refractivity contribution in [3.63, 3.8) is 0 Å². The van der Waals surface area contributed by atoms with E-state index in [0.29, 0.717) is 0 Å². The van der Waals surface area contributed by atoms with Gasteiger partial charge in [-0.3, -0.25) is 4.99 Å². The van der Waals surface area contributed by atoms with Crippen molar-refractivity contribution >= 4 is 29.9 Å². The summed E-state index contributed by atoms with van der Waals surface area (Å²) in [5.41, 5.74) is 2.82. The van der Waals surface area contributed by atoms with E-state index in [9.17, 15) is 0 Å². The van der Waals surface area contributed by atoms with Gasteiger partial charge in [-0.05, 0) is 50.7 Å². The van der Waals surface area contributed by atoms with E-state index in [-0.39, 0.29) is 41.6 Å². The second-order valence-corrected chi connectivity index (χ2v) is 8.78. The number of rotatable bonds is 5. The fraction of sp³-hybridized carbons (Fsp3) is 0.708. The van der Waals surface area contributed by atoms with Crippen LogP contribution in [0.2, 0.25) is 0 Å². The van der Waals surface area contributed by atoms with Crippen molar-refractivity contribution in [2.45, 2.75) is 57.2 Å². The van der Waals surface area contributed by atoms with Gasteiger partial charge in [-0.25, -0.2) is 0 Å². The first-order valence-electron chi connectivity index (χ1n) is 11.6. The summed E-state index contributed by atoms with van der Waals surface area (Å²) in [7, 11) is 0. The third kappa shape index (κ3) is 5.92. The number of nitrogens with one attached hydrogen (secondary N) is 1. The highest BCUT2D eigenvalue weighted by molar-refractivity contribution is 14.0. The number of guanidine groups is 1. The zero-order chi connectivity index (χ0) is 20.8. The molecule has 0 amide bonds. The molecule has 174 valence electrons. The second-order valence-electron chi connectivity index (χ2n) is 8.78. The van der Waals surface area contributed by atoms with Gasteiger partial charge in [0.2, 0.25) is 0 Å². The zero-order valence-corrected chi connectivity index (χ0v) is 21.3. The van der Waals surface area contributed by atoms with E-state index in [0.717, 1.165) is 84.2 Å². The Morgan fingerprint density at radius 1 is 1.13 bits per heavy atom. The first-order chi connectivity index (χ1) is 14.7. The third-order valence-corrected chi connectivity index (χ3v) is 6.81. The normalized spacial score (nSPS) is 26.4. The van der Waals surface area contributed by atoms with E-state index in [1.54, 1.807) is 0 Å². The number of hydrogen-bond donors (Lipinski definition) is 1. The monoisotopic (exact) mass is 543 g/mol. The number of benzene rings is 1. The molecule has 0 aliphatic carbocycles. The SMILES string of the molecule is CCNC(=NCC1(c2ccccc2C)CCOCC1)N1CCOC(C2CCCO2)C1.I. The Morgan fingerprint density at radius 3 is 2.61 bits per heavy atom. The molecule has 3 aliphatic rings. The number of morpholine rings is 1. The lowest BCUT2D eigenvalue weighted by Gasteiger charge is -2.39. The molecular weight excluding hydrogens is 505 g/mol. The van der Waals surface area contributed by atoms with Gasteiger partial charge in [0.15, 0.2) is 5.96 Å². The Kier molecular flexibility index (Phi) is 9.43. The Labute approximate surface area is 204 Å². The lowest BCUT2D eigenvalue weighted by Crippen LogP contribution is -2.53. The molecule has 3 fully saturated rings. The number of aryl methyl sites for hydroxylation is 1. The van der Waals surface area contributed by atoms with E-state index in [2.05, 4.69) is 48.3 Å². The molecular formula is C24H38IN3O3. The molecule has 3 heterocycles. The van der Waals surface area contributed by atoms with E-state index in [1.807, 2.05) is 0 Å². The van der Waals surface area contributed by atoms with Crippen molar-refractivity contribution in [3.8, 4) is 0 Å². The van der Waals surface area contributed by atoms with Crippen LogP contribution in [0.1, 0.15) is 43.7 Å². The van der Waals surface area contributed by atoms with Crippen LogP contribution in [0.15, 0.2) is 29.3 Å². The van der Waals surface area contributed by atoms with Crippen molar-refractivity contribution in [1.82, 2.24) is 10.2 Å². The van der Waals surface area contributed by atoms with Crippen LogP contribution in [0.4, 0.5) is 0 Å². The average Bonchev–Trinajstić information content (AvgIpc) is 3.33. The number of nitrogens with zero attached hydrogens (tertiary/aromatic N) is 2. The standard InChI is InChI=1S/C24H37N3O3.HI/c1-3-25-23(27-12-16-30-22(17-27)21-9-6-13-29-21)26-18-24(10-14-28-15-11-24)20-8-5-4-7-19(20)2;/h4-5,7-8,21-22H,3,6,9-18H2,1-2H3,(H,25,26);1H. The third-order valence-electron chi connectivity index (χ3n) is 6.81. The predicted molar refractivity (Wildman–Crippen MR) is 135 cm³/mol. The minimum atomic E-state index is 0. The first-order valence-corrected chi connectivity index (χ1v) is 11.6. The molecule has 1 aromatic rings. The summed E-state index contributed by atoms with van der Waals surface area (Å²) in [4.78, 5) is 7.56. The van der Waals surface area contributed by atoms with Crippen LogP contribution < -0.4 is 5.32 Å². The minimum Gasteiger partial charge on any atom is -0.381 e. The molecule has 0 radical (unpaired) electrons. The summed E-state index contributed by atoms with van der Waals surface area (Å²) in [5, 5.41) is 3.53. The lowest BCUT2D eigenvalue weighted by atomic mass is 9.72. The van der Waals surface area contributed by atoms with E-state index in [1.165, 1.54) is 11.1 Å². The summed E-state index contributed by atoms with van der Waals surface area (Å²) in [6.07, 6.45) is 4.63. The van der Waals surface area contributed by atoms with Crippen molar-refractivity contribution in [2.24, 2.45) is 4.99 Å². The topological polar surface area (TPSA) is 55.3 Å². The van der Waals surface area contributed by atoms with Crippen LogP contribution in [-0.2, 0) is 19.6 Å². The van der Waals surface area contributed by atoms with Gasteiger partial charge in [-0.15, -0.1) is 24.0 Å². The molecule has 31 heavy (non-hydrogen) atoms. The van der Waals surface area contributed by atoms with Gasteiger partial charge in [-0.1, -0.05) is 24.3 Å². The van der Waals surface area contributed by atoms with Gasteiger partial charge in [0, 0.05) is 44.9 Å². The summed E-state index contributed by atoms with van der Waals surface area (Å²) in [6.45, 7) is 10.9. The van der Waals surface area contributed by atoms with Crippen molar-refractivity contribution < 1.29 is 14.2 Å². The number of hydrogen-bond acceptors (Lipinski definition) is 4. The zero-order valence-electron chi connectivity index (χ0n) is 19.0. The first kappa shape index (κ1) is 24.7. The molecule has 6 nitrogen and oxygen atoms in total. The predicted octanol–water partition coefficient (Wildman–Crippen LogP) is 3.51. The van der Waals surface area contributed by atoms with Crippen molar-refractivity contribution in [3.05, 3.63) is 35.4 Å². The molecule has 0 aromatic heterocycles. The quantitative estimate of drug-likeness (QED) is 0.350. The highest BCUT2D eigenvalue weighted by atomic mass is 127. The average molecular weight is 543 g/mol. The summed E-state index contributed by atoms with van der Waals surface area (Å²) >= 11 is 0. The van der Waals surface area contributed by atoms with Gasteiger partial charge in [0.05, 0.1) is 19.3 Å². The number of ether oxygens (including phenoxy) is 3. The van der Waals surface area contributed by atoms with Crippen LogP contribution in [-0.4, -0.2) is 75.7 Å². The van der Waals surface area contributed by atoms with Crippen LogP contribution in [0.5, 0.6) is 0 Å². The van der Waals surface area contributed by atoms with Crippen LogP contribution >= 0.6 is 24.0 Å². The molecule has 7 heteroatoms. The molecule has 1 aromatic carbocycles. The maximum absolute atomic E-state index is 6.05. The highest BCUT2D eigenvalue weighted by Crippen LogP contribution is 2.37. The molecule has 0 spiro atoms. The van der Waals surface area contributed by atoms with Gasteiger partial charge in [0.1, 0.15) is 6.10 Å². The summed E-state index contributed by atoms with van der Waals surface area (Å²) in [5.74, 6) is 1.00. The van der Waals surface area contributed by atoms with Crippen molar-refractivity contribution in [2.75, 3.05) is 52.6 Å². The van der Waals surface area contributed by atoms with Gasteiger partial charge < -0.3 is 24.4 Å². The van der Waals surface area contributed by atoms with Crippen LogP contribution in [0, 0.1) is 6.92 Å². The molecule has 0 bridgehead atoms. The smallest absolute Gasteiger partial charge is 0.194 e. The van der Waals surface area contributed by atoms with Gasteiger partial charge in [-0.2, -0.15) is 0 Å². The molecule has 1 N–H and O–H groups in total. The molecule has 4 rings (SSSR count). The fourth-order valence-electron chi connectivity index (χ4n) is 5.08. The van der Waals surface area contributed by atoms with Gasteiger partial charge in [0.25, 0.3) is 0 Å². The molecule has 2 unspecified atom stereocenters. The van der Waals surface area contributed by atoms with E-state index in [4.69, 9.17) is 19.2 Å². The maximum atomic E-state index is 6.05. The maximum Gasteiger partial charge on any atom is 0.194 e. The Balaban J connectivity index is 0.00000272. The Hall–Kier alpha value is -0.900. The fourth-order valence-corrected chi connectivity index (χ4v) is 5.08. The summed E-state index contributed by atoms with van der Waals surface area (Å²) < 4.78 is 17.7. The highest BCUT2D eigenvalue weighted by Gasteiger charge is 2.36. The molecule has 3 saturated heterocycles. The second kappa shape index (κ2) is 11.8. The Morgan fingerprint density at radius 2 is 1.90 bits per heavy atom. The van der Waals surface area contributed by atoms with Crippen molar-refractivity contribution in [1.29, 1.82) is 0 Å². The lowest BCUT2D eigenvalue weighted by molar-refractivity contribution is -0.0817.